The van der Waals surface area contributed by atoms with Crippen LogP contribution in [0.25, 0.3) is 22.6 Å². The fraction of sp³-hybridized carbons (Fsp3) is 0.391. The Labute approximate surface area is 180 Å². The van der Waals surface area contributed by atoms with Crippen molar-refractivity contribution in [2.75, 3.05) is 44.3 Å². The highest BCUT2D eigenvalue weighted by Crippen LogP contribution is 2.29. The summed E-state index contributed by atoms with van der Waals surface area (Å²) in [5.74, 6) is 0.759. The Morgan fingerprint density at radius 3 is 2.48 bits per heavy atom. The summed E-state index contributed by atoms with van der Waals surface area (Å²) in [7, 11) is 0. The second-order valence-electron chi connectivity index (χ2n) is 7.90. The molecular formula is C23H25FN6O. The van der Waals surface area contributed by atoms with Crippen LogP contribution >= 0.6 is 0 Å². The van der Waals surface area contributed by atoms with E-state index >= 15 is 0 Å². The van der Waals surface area contributed by atoms with E-state index in [-0.39, 0.29) is 0 Å². The maximum absolute atomic E-state index is 14.5. The third-order valence-electron chi connectivity index (χ3n) is 6.03. The molecule has 0 aromatic carbocycles. The number of pyridine rings is 2. The van der Waals surface area contributed by atoms with Gasteiger partial charge in [0, 0.05) is 62.4 Å². The number of halogens is 1. The number of aromatic nitrogens is 4. The van der Waals surface area contributed by atoms with E-state index < -0.39 is 5.82 Å². The molecule has 8 heteroatoms. The Bertz CT molecular complexity index is 1020. The van der Waals surface area contributed by atoms with Crippen LogP contribution < -0.4 is 4.90 Å². The number of rotatable bonds is 4. The van der Waals surface area contributed by atoms with Crippen molar-refractivity contribution >= 4 is 5.82 Å². The van der Waals surface area contributed by atoms with Gasteiger partial charge >= 0.3 is 0 Å². The van der Waals surface area contributed by atoms with Crippen LogP contribution in [0.5, 0.6) is 0 Å². The molecule has 5 heterocycles. The lowest BCUT2D eigenvalue weighted by Crippen LogP contribution is -2.49. The van der Waals surface area contributed by atoms with Crippen molar-refractivity contribution in [1.82, 2.24) is 24.8 Å². The molecule has 0 saturated carbocycles. The van der Waals surface area contributed by atoms with Crippen LogP contribution in [0.3, 0.4) is 0 Å². The number of hydrogen-bond acceptors (Lipinski definition) is 7. The van der Waals surface area contributed by atoms with Crippen molar-refractivity contribution in [1.29, 1.82) is 0 Å². The molecule has 3 aromatic rings. The molecule has 2 saturated heterocycles. The largest absolute Gasteiger partial charge is 0.379 e. The zero-order valence-electron chi connectivity index (χ0n) is 17.3. The van der Waals surface area contributed by atoms with E-state index in [1.165, 1.54) is 6.20 Å². The Hall–Kier alpha value is -2.97. The molecule has 0 radical (unpaired) electrons. The van der Waals surface area contributed by atoms with Crippen molar-refractivity contribution in [2.45, 2.75) is 18.9 Å². The standard InChI is InChI=1S/C23H25FN6O/c24-20-16-26-7-3-19(20)23-27-21(17-2-1-6-25-15-17)14-22(28-23)30-8-4-18(5-9-30)29-10-12-31-13-11-29/h1-3,6-7,14-16,18H,4-5,8-13H2. The van der Waals surface area contributed by atoms with Crippen molar-refractivity contribution in [3.8, 4) is 22.6 Å². The molecule has 2 fully saturated rings. The lowest BCUT2D eigenvalue weighted by molar-refractivity contribution is 0.0115. The summed E-state index contributed by atoms with van der Waals surface area (Å²) in [4.78, 5) is 22.3. The van der Waals surface area contributed by atoms with E-state index in [0.29, 0.717) is 17.4 Å². The van der Waals surface area contributed by atoms with Crippen LogP contribution in [0.1, 0.15) is 12.8 Å². The van der Waals surface area contributed by atoms with Gasteiger partial charge in [0.1, 0.15) is 5.82 Å². The Morgan fingerprint density at radius 2 is 1.74 bits per heavy atom. The molecule has 7 nitrogen and oxygen atoms in total. The minimum Gasteiger partial charge on any atom is -0.379 e. The van der Waals surface area contributed by atoms with Crippen LogP contribution in [0.2, 0.25) is 0 Å². The summed E-state index contributed by atoms with van der Waals surface area (Å²) in [5, 5.41) is 0. The smallest absolute Gasteiger partial charge is 0.165 e. The molecule has 0 bridgehead atoms. The lowest BCUT2D eigenvalue weighted by Gasteiger charge is -2.40. The van der Waals surface area contributed by atoms with Crippen LogP contribution in [0.4, 0.5) is 10.2 Å². The monoisotopic (exact) mass is 420 g/mol. The fourth-order valence-corrected chi connectivity index (χ4v) is 4.34. The highest BCUT2D eigenvalue weighted by Gasteiger charge is 2.27. The van der Waals surface area contributed by atoms with Gasteiger partial charge in [0.25, 0.3) is 0 Å². The first-order valence-corrected chi connectivity index (χ1v) is 10.7. The van der Waals surface area contributed by atoms with Gasteiger partial charge in [-0.25, -0.2) is 14.4 Å². The van der Waals surface area contributed by atoms with Gasteiger partial charge in [-0.1, -0.05) is 0 Å². The molecule has 0 unspecified atom stereocenters. The molecule has 0 aliphatic carbocycles. The SMILES string of the molecule is Fc1cnccc1-c1nc(-c2cccnc2)cc(N2CCC(N3CCOCC3)CC2)n1. The number of ether oxygens (including phenoxy) is 1. The molecule has 5 rings (SSSR count). The topological polar surface area (TPSA) is 67.3 Å². The number of piperidine rings is 1. The molecule has 0 atom stereocenters. The molecule has 2 aliphatic rings. The molecule has 2 aliphatic heterocycles. The van der Waals surface area contributed by atoms with Gasteiger partial charge in [0.15, 0.2) is 11.6 Å². The third-order valence-corrected chi connectivity index (χ3v) is 6.03. The Kier molecular flexibility index (Phi) is 5.82. The van der Waals surface area contributed by atoms with Crippen molar-refractivity contribution in [2.24, 2.45) is 0 Å². The average molecular weight is 420 g/mol. The maximum Gasteiger partial charge on any atom is 0.165 e. The van der Waals surface area contributed by atoms with Crippen molar-refractivity contribution < 1.29 is 9.13 Å². The first-order chi connectivity index (χ1) is 15.3. The fourth-order valence-electron chi connectivity index (χ4n) is 4.34. The summed E-state index contributed by atoms with van der Waals surface area (Å²) >= 11 is 0. The molecule has 160 valence electrons. The van der Waals surface area contributed by atoms with Gasteiger partial charge in [-0.2, -0.15) is 0 Å². The number of hydrogen-bond donors (Lipinski definition) is 0. The van der Waals surface area contributed by atoms with Crippen LogP contribution in [-0.4, -0.2) is 70.3 Å². The van der Waals surface area contributed by atoms with Gasteiger partial charge in [0.05, 0.1) is 30.7 Å². The van der Waals surface area contributed by atoms with Gasteiger partial charge in [-0.3, -0.25) is 14.9 Å². The number of nitrogens with zero attached hydrogens (tertiary/aromatic N) is 6. The quantitative estimate of drug-likeness (QED) is 0.643. The lowest BCUT2D eigenvalue weighted by atomic mass is 10.0. The van der Waals surface area contributed by atoms with Gasteiger partial charge in [-0.15, -0.1) is 0 Å². The normalized spacial score (nSPS) is 18.3. The zero-order chi connectivity index (χ0) is 21.0. The molecular weight excluding hydrogens is 395 g/mol. The van der Waals surface area contributed by atoms with E-state index in [1.807, 2.05) is 18.2 Å². The number of anilines is 1. The Morgan fingerprint density at radius 1 is 0.935 bits per heavy atom. The predicted octanol–water partition coefficient (Wildman–Crippen LogP) is 3.04. The van der Waals surface area contributed by atoms with Gasteiger partial charge < -0.3 is 9.64 Å². The summed E-state index contributed by atoms with van der Waals surface area (Å²) in [6.07, 6.45) is 8.40. The van der Waals surface area contributed by atoms with Gasteiger partial charge in [0.2, 0.25) is 0 Å². The van der Waals surface area contributed by atoms with Crippen molar-refractivity contribution in [3.05, 3.63) is 54.9 Å². The Balaban J connectivity index is 1.44. The molecule has 3 aromatic heterocycles. The molecule has 0 spiro atoms. The second-order valence-corrected chi connectivity index (χ2v) is 7.90. The molecule has 0 N–H and O–H groups in total. The first-order valence-electron chi connectivity index (χ1n) is 10.7. The zero-order valence-corrected chi connectivity index (χ0v) is 17.3. The predicted molar refractivity (Wildman–Crippen MR) is 116 cm³/mol. The van der Waals surface area contributed by atoms with Crippen LogP contribution in [0.15, 0.2) is 49.1 Å². The van der Waals surface area contributed by atoms with E-state index in [0.717, 1.165) is 69.3 Å². The number of morpholine rings is 1. The van der Waals surface area contributed by atoms with E-state index in [9.17, 15) is 4.39 Å². The molecule has 0 amide bonds. The van der Waals surface area contributed by atoms with Crippen molar-refractivity contribution in [3.63, 3.8) is 0 Å². The second kappa shape index (κ2) is 9.03. The minimum atomic E-state index is -0.428. The van der Waals surface area contributed by atoms with Crippen LogP contribution in [0, 0.1) is 5.82 Å². The molecule has 31 heavy (non-hydrogen) atoms. The van der Waals surface area contributed by atoms with E-state index in [4.69, 9.17) is 9.72 Å². The third kappa shape index (κ3) is 4.40. The summed E-state index contributed by atoms with van der Waals surface area (Å²) in [6, 6.07) is 8.01. The maximum atomic E-state index is 14.5. The minimum absolute atomic E-state index is 0.352. The van der Waals surface area contributed by atoms with Crippen LogP contribution in [-0.2, 0) is 4.74 Å². The van der Waals surface area contributed by atoms with E-state index in [2.05, 4.69) is 24.8 Å². The summed E-state index contributed by atoms with van der Waals surface area (Å²) in [6.45, 7) is 5.47. The summed E-state index contributed by atoms with van der Waals surface area (Å²) < 4.78 is 19.9. The highest BCUT2D eigenvalue weighted by atomic mass is 19.1. The average Bonchev–Trinajstić information content (AvgIpc) is 2.85. The highest BCUT2D eigenvalue weighted by molar-refractivity contribution is 5.67. The summed E-state index contributed by atoms with van der Waals surface area (Å²) in [5.41, 5.74) is 1.97. The van der Waals surface area contributed by atoms with E-state index in [1.54, 1.807) is 24.7 Å². The first kappa shape index (κ1) is 20.0. The van der Waals surface area contributed by atoms with Gasteiger partial charge in [-0.05, 0) is 31.0 Å².